The second kappa shape index (κ2) is 18.6. The Morgan fingerprint density at radius 3 is 1.31 bits per heavy atom. The van der Waals surface area contributed by atoms with E-state index >= 15 is 0 Å². The number of isocyanates is 1. The number of carbonyl (C=O) groups excluding carboxylic acids is 4. The summed E-state index contributed by atoms with van der Waals surface area (Å²) >= 11 is 0. The van der Waals surface area contributed by atoms with Gasteiger partial charge in [0.15, 0.2) is 0 Å². The number of carbonyl (C=O) groups is 3. The van der Waals surface area contributed by atoms with Crippen LogP contribution < -0.4 is 0 Å². The molecule has 0 radical (unpaired) electrons. The van der Waals surface area contributed by atoms with Gasteiger partial charge in [-0.2, -0.15) is 0 Å². The molecule has 0 heterocycles. The topological polar surface area (TPSA) is 136 Å². The van der Waals surface area contributed by atoms with Gasteiger partial charge in [0.2, 0.25) is 6.08 Å². The zero-order valence-electron chi connectivity index (χ0n) is 18.0. The van der Waals surface area contributed by atoms with Crippen molar-refractivity contribution in [3.8, 4) is 0 Å². The van der Waals surface area contributed by atoms with E-state index in [-0.39, 0.29) is 66.0 Å². The van der Waals surface area contributed by atoms with E-state index in [0.29, 0.717) is 0 Å². The molecule has 11 heteroatoms. The standard InChI is InChI=1S/C21H29NO10/c1-4-18(24)30-10-7-27-14-21(13-22-17-23,15-28-8-11-31-19(25)5-2)16-29-9-12-32-20(26)6-3/h4-6H,1-3,7-16H2. The summed E-state index contributed by atoms with van der Waals surface area (Å²) in [5.74, 6) is -1.75. The minimum absolute atomic E-state index is 0.00535. The largest absolute Gasteiger partial charge is 0.460 e. The summed E-state index contributed by atoms with van der Waals surface area (Å²) in [4.78, 5) is 47.6. The molecule has 0 aliphatic rings. The highest BCUT2D eigenvalue weighted by Gasteiger charge is 2.32. The summed E-state index contributed by atoms with van der Waals surface area (Å²) in [6, 6.07) is 0. The molecular weight excluding hydrogens is 426 g/mol. The van der Waals surface area contributed by atoms with Crippen LogP contribution in [0.25, 0.3) is 0 Å². The Kier molecular flexibility index (Phi) is 16.8. The minimum Gasteiger partial charge on any atom is -0.460 e. The molecule has 11 nitrogen and oxygen atoms in total. The summed E-state index contributed by atoms with van der Waals surface area (Å²) in [6.07, 6.45) is 4.56. The highest BCUT2D eigenvalue weighted by Crippen LogP contribution is 2.20. The van der Waals surface area contributed by atoms with Crippen LogP contribution in [0.1, 0.15) is 0 Å². The fourth-order valence-electron chi connectivity index (χ4n) is 2.11. The zero-order valence-corrected chi connectivity index (χ0v) is 18.0. The van der Waals surface area contributed by atoms with E-state index in [2.05, 4.69) is 24.7 Å². The summed E-state index contributed by atoms with van der Waals surface area (Å²) in [5.41, 5.74) is -0.912. The predicted molar refractivity (Wildman–Crippen MR) is 111 cm³/mol. The first kappa shape index (κ1) is 28.9. The third kappa shape index (κ3) is 14.8. The average Bonchev–Trinajstić information content (AvgIpc) is 2.81. The molecule has 0 aromatic heterocycles. The molecule has 0 spiro atoms. The van der Waals surface area contributed by atoms with Gasteiger partial charge in [-0.05, 0) is 0 Å². The van der Waals surface area contributed by atoms with E-state index in [1.807, 2.05) is 0 Å². The van der Waals surface area contributed by atoms with Crippen LogP contribution in [0, 0.1) is 5.41 Å². The van der Waals surface area contributed by atoms with Gasteiger partial charge in [-0.15, -0.1) is 0 Å². The van der Waals surface area contributed by atoms with Crippen LogP contribution in [0.5, 0.6) is 0 Å². The van der Waals surface area contributed by atoms with Crippen LogP contribution >= 0.6 is 0 Å². The second-order valence-corrected chi connectivity index (χ2v) is 6.18. The molecule has 0 amide bonds. The predicted octanol–water partition coefficient (Wildman–Crippen LogP) is 0.546. The fourth-order valence-corrected chi connectivity index (χ4v) is 2.11. The lowest BCUT2D eigenvalue weighted by atomic mass is 9.91. The van der Waals surface area contributed by atoms with Crippen LogP contribution in [0.2, 0.25) is 0 Å². The van der Waals surface area contributed by atoms with Gasteiger partial charge in [-0.3, -0.25) is 0 Å². The number of aliphatic imine (C=N–C) groups is 1. The van der Waals surface area contributed by atoms with E-state index in [9.17, 15) is 19.2 Å². The molecule has 178 valence electrons. The highest BCUT2D eigenvalue weighted by atomic mass is 16.6. The first-order valence-corrected chi connectivity index (χ1v) is 9.57. The van der Waals surface area contributed by atoms with E-state index < -0.39 is 23.3 Å². The van der Waals surface area contributed by atoms with Crippen molar-refractivity contribution in [1.29, 1.82) is 0 Å². The van der Waals surface area contributed by atoms with Crippen molar-refractivity contribution in [2.24, 2.45) is 10.4 Å². The Morgan fingerprint density at radius 1 is 0.688 bits per heavy atom. The smallest absolute Gasteiger partial charge is 0.330 e. The Balaban J connectivity index is 4.86. The van der Waals surface area contributed by atoms with E-state index in [1.165, 1.54) is 6.08 Å². The Hall–Kier alpha value is -3.11. The number of hydrogen-bond acceptors (Lipinski definition) is 11. The van der Waals surface area contributed by atoms with Gasteiger partial charge in [-0.1, -0.05) is 19.7 Å². The van der Waals surface area contributed by atoms with Gasteiger partial charge < -0.3 is 28.4 Å². The van der Waals surface area contributed by atoms with Crippen molar-refractivity contribution in [2.75, 3.05) is 66.0 Å². The quantitative estimate of drug-likeness (QED) is 0.0639. The summed E-state index contributed by atoms with van der Waals surface area (Å²) in [5, 5.41) is 0. The fraction of sp³-hybridized carbons (Fsp3) is 0.524. The number of ether oxygens (including phenoxy) is 6. The first-order valence-electron chi connectivity index (χ1n) is 9.57. The SMILES string of the molecule is C=CC(=O)OCCOCC(CN=C=O)(COCCOC(=O)C=C)COCCOC(=O)C=C. The molecule has 0 unspecified atom stereocenters. The maximum absolute atomic E-state index is 11.1. The number of nitrogens with zero attached hydrogens (tertiary/aromatic N) is 1. The molecular formula is C21H29NO10. The maximum Gasteiger partial charge on any atom is 0.330 e. The molecule has 0 aromatic carbocycles. The van der Waals surface area contributed by atoms with Gasteiger partial charge in [0.25, 0.3) is 0 Å². The lowest BCUT2D eigenvalue weighted by Gasteiger charge is -2.31. The number of hydrogen-bond donors (Lipinski definition) is 0. The van der Waals surface area contributed by atoms with Crippen molar-refractivity contribution in [2.45, 2.75) is 0 Å². The molecule has 0 N–H and O–H groups in total. The Bertz CT molecular complexity index is 595. The normalized spacial score (nSPS) is 10.4. The summed E-state index contributed by atoms with van der Waals surface area (Å²) in [6.45, 7) is 10.1. The average molecular weight is 455 g/mol. The van der Waals surface area contributed by atoms with Crippen LogP contribution in [0.15, 0.2) is 43.0 Å². The molecule has 0 bridgehead atoms. The molecule has 0 aromatic rings. The molecule has 0 saturated heterocycles. The van der Waals surface area contributed by atoms with Crippen molar-refractivity contribution < 1.29 is 47.6 Å². The zero-order chi connectivity index (χ0) is 24.1. The van der Waals surface area contributed by atoms with E-state index in [0.717, 1.165) is 18.2 Å². The van der Waals surface area contributed by atoms with Crippen molar-refractivity contribution in [1.82, 2.24) is 0 Å². The number of esters is 3. The maximum atomic E-state index is 11.1. The van der Waals surface area contributed by atoms with Crippen molar-refractivity contribution in [3.63, 3.8) is 0 Å². The van der Waals surface area contributed by atoms with Gasteiger partial charge >= 0.3 is 17.9 Å². The first-order chi connectivity index (χ1) is 15.4. The van der Waals surface area contributed by atoms with E-state index in [4.69, 9.17) is 28.4 Å². The molecule has 0 saturated carbocycles. The Labute approximate surface area is 186 Å². The monoisotopic (exact) mass is 455 g/mol. The van der Waals surface area contributed by atoms with Crippen molar-refractivity contribution in [3.05, 3.63) is 38.0 Å². The number of rotatable bonds is 20. The second-order valence-electron chi connectivity index (χ2n) is 6.18. The minimum atomic E-state index is -0.912. The van der Waals surface area contributed by atoms with Crippen LogP contribution in [0.4, 0.5) is 0 Å². The molecule has 0 atom stereocenters. The summed E-state index contributed by atoms with van der Waals surface area (Å²) in [7, 11) is 0. The lowest BCUT2D eigenvalue weighted by molar-refractivity contribution is -0.141. The van der Waals surface area contributed by atoms with E-state index in [1.54, 1.807) is 0 Å². The molecule has 32 heavy (non-hydrogen) atoms. The third-order valence-corrected chi connectivity index (χ3v) is 3.62. The third-order valence-electron chi connectivity index (χ3n) is 3.62. The van der Waals surface area contributed by atoms with Crippen LogP contribution in [0.3, 0.4) is 0 Å². The highest BCUT2D eigenvalue weighted by molar-refractivity contribution is 5.81. The molecule has 0 rings (SSSR count). The van der Waals surface area contributed by atoms with Crippen LogP contribution in [-0.2, 0) is 47.6 Å². The lowest BCUT2D eigenvalue weighted by Crippen LogP contribution is -2.41. The van der Waals surface area contributed by atoms with Gasteiger partial charge in [0.05, 0.1) is 51.6 Å². The Morgan fingerprint density at radius 2 is 1.03 bits per heavy atom. The molecule has 0 aliphatic carbocycles. The van der Waals surface area contributed by atoms with Gasteiger partial charge in [0.1, 0.15) is 19.8 Å². The van der Waals surface area contributed by atoms with Crippen molar-refractivity contribution >= 4 is 24.0 Å². The van der Waals surface area contributed by atoms with Crippen LogP contribution in [-0.4, -0.2) is 90.0 Å². The molecule has 0 aliphatic heterocycles. The van der Waals surface area contributed by atoms with Gasteiger partial charge in [-0.25, -0.2) is 24.2 Å². The summed E-state index contributed by atoms with van der Waals surface area (Å²) < 4.78 is 31.2. The molecule has 0 fully saturated rings. The van der Waals surface area contributed by atoms with Gasteiger partial charge in [0, 0.05) is 18.2 Å².